The highest BCUT2D eigenvalue weighted by Crippen LogP contribution is 2.15. The second-order valence-electron chi connectivity index (χ2n) is 6.66. The fourth-order valence-corrected chi connectivity index (χ4v) is 3.27. The highest BCUT2D eigenvalue weighted by atomic mass is 16.3. The van der Waals surface area contributed by atoms with E-state index < -0.39 is 0 Å². The summed E-state index contributed by atoms with van der Waals surface area (Å²) in [6, 6.07) is 10.3. The summed E-state index contributed by atoms with van der Waals surface area (Å²) < 4.78 is 5.41. The number of aryl methyl sites for hydroxylation is 2. The minimum atomic E-state index is -0.0817. The molecule has 3 rings (SSSR count). The van der Waals surface area contributed by atoms with E-state index >= 15 is 0 Å². The van der Waals surface area contributed by atoms with Gasteiger partial charge in [-0.05, 0) is 57.0 Å². The Morgan fingerprint density at radius 3 is 2.38 bits per heavy atom. The van der Waals surface area contributed by atoms with Crippen LogP contribution in [0.3, 0.4) is 0 Å². The number of nitrogens with one attached hydrogen (secondary N) is 1. The van der Waals surface area contributed by atoms with E-state index in [2.05, 4.69) is 34.5 Å². The lowest BCUT2D eigenvalue weighted by Crippen LogP contribution is -2.29. The smallest absolute Gasteiger partial charge is 0.255 e. The maximum atomic E-state index is 12.2. The third-order valence-corrected chi connectivity index (χ3v) is 4.62. The van der Waals surface area contributed by atoms with Crippen LogP contribution in [0.25, 0.3) is 0 Å². The van der Waals surface area contributed by atoms with Crippen molar-refractivity contribution in [1.82, 2.24) is 10.2 Å². The molecule has 0 bridgehead atoms. The van der Waals surface area contributed by atoms with Gasteiger partial charge in [0, 0.05) is 13.1 Å². The van der Waals surface area contributed by atoms with Crippen molar-refractivity contribution in [3.63, 3.8) is 0 Å². The zero-order valence-corrected chi connectivity index (χ0v) is 14.6. The van der Waals surface area contributed by atoms with Gasteiger partial charge in [0.2, 0.25) is 0 Å². The first-order valence-corrected chi connectivity index (χ1v) is 8.77. The Bertz CT molecular complexity index is 682. The first kappa shape index (κ1) is 16.8. The summed E-state index contributed by atoms with van der Waals surface area (Å²) in [6.07, 6.45) is 4.00. The molecule has 1 aliphatic rings. The Hall–Kier alpha value is -2.07. The second kappa shape index (κ2) is 7.67. The molecule has 1 amide bonds. The minimum Gasteiger partial charge on any atom is -0.466 e. The number of benzene rings is 1. The Morgan fingerprint density at radius 2 is 1.75 bits per heavy atom. The van der Waals surface area contributed by atoms with Crippen LogP contribution in [0.15, 0.2) is 34.7 Å². The number of hydrogen-bond acceptors (Lipinski definition) is 3. The molecule has 1 N–H and O–H groups in total. The standard InChI is InChI=1S/C20H26N2O2/c1-15-12-19(16(2)24-15)20(23)21-13-17-6-8-18(9-7-17)14-22-10-4-3-5-11-22/h6-9,12H,3-5,10-11,13-14H2,1-2H3,(H,21,23). The van der Waals surface area contributed by atoms with Gasteiger partial charge >= 0.3 is 0 Å². The Balaban J connectivity index is 1.52. The molecular weight excluding hydrogens is 300 g/mol. The van der Waals surface area contributed by atoms with Crippen molar-refractivity contribution >= 4 is 5.91 Å². The molecule has 0 atom stereocenters. The molecule has 4 heteroatoms. The highest BCUT2D eigenvalue weighted by Gasteiger charge is 2.13. The minimum absolute atomic E-state index is 0.0817. The number of amides is 1. The number of furan rings is 1. The van der Waals surface area contributed by atoms with E-state index in [0.717, 1.165) is 17.9 Å². The molecule has 1 saturated heterocycles. The lowest BCUT2D eigenvalue weighted by Gasteiger charge is -2.26. The van der Waals surface area contributed by atoms with Gasteiger partial charge in [0.1, 0.15) is 11.5 Å². The number of piperidine rings is 1. The lowest BCUT2D eigenvalue weighted by atomic mass is 10.1. The van der Waals surface area contributed by atoms with Gasteiger partial charge in [-0.15, -0.1) is 0 Å². The van der Waals surface area contributed by atoms with E-state index in [1.54, 1.807) is 6.07 Å². The zero-order valence-electron chi connectivity index (χ0n) is 14.6. The van der Waals surface area contributed by atoms with Crippen molar-refractivity contribution in [3.05, 3.63) is 58.5 Å². The predicted octanol–water partition coefficient (Wildman–Crippen LogP) is 3.81. The van der Waals surface area contributed by atoms with Gasteiger partial charge in [0.25, 0.3) is 5.91 Å². The third kappa shape index (κ3) is 4.26. The largest absolute Gasteiger partial charge is 0.466 e. The molecule has 1 aromatic heterocycles. The van der Waals surface area contributed by atoms with Crippen LogP contribution in [-0.2, 0) is 13.1 Å². The Labute approximate surface area is 143 Å². The summed E-state index contributed by atoms with van der Waals surface area (Å²) in [5.74, 6) is 1.35. The molecule has 1 aromatic carbocycles. The first-order valence-electron chi connectivity index (χ1n) is 8.77. The van der Waals surface area contributed by atoms with Crippen molar-refractivity contribution in [2.24, 2.45) is 0 Å². The van der Waals surface area contributed by atoms with Crippen molar-refractivity contribution in [2.75, 3.05) is 13.1 Å². The third-order valence-electron chi connectivity index (χ3n) is 4.62. The first-order chi connectivity index (χ1) is 11.6. The summed E-state index contributed by atoms with van der Waals surface area (Å²) in [4.78, 5) is 14.7. The van der Waals surface area contributed by atoms with Crippen LogP contribution < -0.4 is 5.32 Å². The average molecular weight is 326 g/mol. The molecule has 0 aliphatic carbocycles. The summed E-state index contributed by atoms with van der Waals surface area (Å²) in [5.41, 5.74) is 3.08. The average Bonchev–Trinajstić information content (AvgIpc) is 2.93. The van der Waals surface area contributed by atoms with E-state index in [1.165, 1.54) is 37.9 Å². The van der Waals surface area contributed by atoms with Gasteiger partial charge in [-0.3, -0.25) is 9.69 Å². The van der Waals surface area contributed by atoms with Crippen LogP contribution in [0, 0.1) is 13.8 Å². The van der Waals surface area contributed by atoms with E-state index in [4.69, 9.17) is 4.42 Å². The van der Waals surface area contributed by atoms with Gasteiger partial charge in [-0.2, -0.15) is 0 Å². The number of carbonyl (C=O) groups is 1. The number of rotatable bonds is 5. The Morgan fingerprint density at radius 1 is 1.08 bits per heavy atom. The maximum absolute atomic E-state index is 12.2. The van der Waals surface area contributed by atoms with E-state index in [-0.39, 0.29) is 5.91 Å². The highest BCUT2D eigenvalue weighted by molar-refractivity contribution is 5.95. The molecule has 2 heterocycles. The van der Waals surface area contributed by atoms with Crippen LogP contribution in [0.4, 0.5) is 0 Å². The number of hydrogen-bond donors (Lipinski definition) is 1. The molecule has 0 unspecified atom stereocenters. The topological polar surface area (TPSA) is 45.5 Å². The van der Waals surface area contributed by atoms with Crippen LogP contribution in [0.2, 0.25) is 0 Å². The fourth-order valence-electron chi connectivity index (χ4n) is 3.27. The molecule has 0 spiro atoms. The molecule has 1 fully saturated rings. The van der Waals surface area contributed by atoms with Crippen molar-refractivity contribution < 1.29 is 9.21 Å². The molecule has 24 heavy (non-hydrogen) atoms. The molecule has 0 saturated carbocycles. The molecule has 4 nitrogen and oxygen atoms in total. The fraction of sp³-hybridized carbons (Fsp3) is 0.450. The van der Waals surface area contributed by atoms with Crippen LogP contribution in [0.5, 0.6) is 0 Å². The van der Waals surface area contributed by atoms with Crippen molar-refractivity contribution in [1.29, 1.82) is 0 Å². The van der Waals surface area contributed by atoms with Gasteiger partial charge in [-0.25, -0.2) is 0 Å². The molecular formula is C20H26N2O2. The molecule has 0 radical (unpaired) electrons. The molecule has 1 aliphatic heterocycles. The van der Waals surface area contributed by atoms with E-state index in [0.29, 0.717) is 17.9 Å². The van der Waals surface area contributed by atoms with Crippen molar-refractivity contribution in [2.45, 2.75) is 46.2 Å². The molecule has 2 aromatic rings. The SMILES string of the molecule is Cc1cc(C(=O)NCc2ccc(CN3CCCCC3)cc2)c(C)o1. The summed E-state index contributed by atoms with van der Waals surface area (Å²) in [6.45, 7) is 7.65. The van der Waals surface area contributed by atoms with Gasteiger partial charge in [-0.1, -0.05) is 30.7 Å². The number of carbonyl (C=O) groups excluding carboxylic acids is 1. The zero-order chi connectivity index (χ0) is 16.9. The van der Waals surface area contributed by atoms with E-state index in [9.17, 15) is 4.79 Å². The van der Waals surface area contributed by atoms with Crippen LogP contribution in [-0.4, -0.2) is 23.9 Å². The molecule has 128 valence electrons. The van der Waals surface area contributed by atoms with Crippen LogP contribution in [0.1, 0.15) is 52.3 Å². The predicted molar refractivity (Wildman–Crippen MR) is 94.9 cm³/mol. The maximum Gasteiger partial charge on any atom is 0.255 e. The quantitative estimate of drug-likeness (QED) is 0.909. The number of likely N-dealkylation sites (tertiary alicyclic amines) is 1. The van der Waals surface area contributed by atoms with E-state index in [1.807, 2.05) is 13.8 Å². The lowest BCUT2D eigenvalue weighted by molar-refractivity contribution is 0.0949. The summed E-state index contributed by atoms with van der Waals surface area (Å²) >= 11 is 0. The monoisotopic (exact) mass is 326 g/mol. The Kier molecular flexibility index (Phi) is 5.36. The van der Waals surface area contributed by atoms with Crippen molar-refractivity contribution in [3.8, 4) is 0 Å². The normalized spacial score (nSPS) is 15.4. The van der Waals surface area contributed by atoms with Gasteiger partial charge in [0.15, 0.2) is 0 Å². The second-order valence-corrected chi connectivity index (χ2v) is 6.66. The van der Waals surface area contributed by atoms with Crippen LogP contribution >= 0.6 is 0 Å². The number of nitrogens with zero attached hydrogens (tertiary/aromatic N) is 1. The van der Waals surface area contributed by atoms with Gasteiger partial charge < -0.3 is 9.73 Å². The summed E-state index contributed by atoms with van der Waals surface area (Å²) in [7, 11) is 0. The van der Waals surface area contributed by atoms with Gasteiger partial charge in [0.05, 0.1) is 5.56 Å². The summed E-state index contributed by atoms with van der Waals surface area (Å²) in [5, 5.41) is 2.96.